The van der Waals surface area contributed by atoms with E-state index in [0.29, 0.717) is 6.42 Å². The van der Waals surface area contributed by atoms with Gasteiger partial charge in [-0.1, -0.05) is 0 Å². The fourth-order valence-electron chi connectivity index (χ4n) is 2.53. The second kappa shape index (κ2) is 5.85. The van der Waals surface area contributed by atoms with Gasteiger partial charge in [0.05, 0.1) is 17.2 Å². The Balaban J connectivity index is 1.54. The second-order valence-corrected chi connectivity index (χ2v) is 7.25. The van der Waals surface area contributed by atoms with E-state index in [1.54, 1.807) is 28.2 Å². The molecule has 0 aromatic carbocycles. The molecule has 2 aromatic heterocycles. The van der Waals surface area contributed by atoms with Crippen LogP contribution in [-0.4, -0.2) is 43.9 Å². The molecule has 3 heterocycles. The summed E-state index contributed by atoms with van der Waals surface area (Å²) in [6.45, 7) is 4.65. The molecule has 20 heavy (non-hydrogen) atoms. The highest BCUT2D eigenvalue weighted by Gasteiger charge is 2.33. The number of hydrogen-bond acceptors (Lipinski definition) is 7. The van der Waals surface area contributed by atoms with Crippen LogP contribution in [0.1, 0.15) is 28.6 Å². The summed E-state index contributed by atoms with van der Waals surface area (Å²) >= 11 is 3.23. The number of nitrogens with zero attached hydrogens (tertiary/aromatic N) is 4. The van der Waals surface area contributed by atoms with E-state index < -0.39 is 5.60 Å². The molecule has 3 rings (SSSR count). The van der Waals surface area contributed by atoms with Gasteiger partial charge in [0, 0.05) is 30.6 Å². The van der Waals surface area contributed by atoms with Crippen molar-refractivity contribution in [2.75, 3.05) is 13.1 Å². The Morgan fingerprint density at radius 1 is 1.30 bits per heavy atom. The van der Waals surface area contributed by atoms with Crippen LogP contribution in [0, 0.1) is 6.92 Å². The molecule has 2 aromatic rings. The van der Waals surface area contributed by atoms with Crippen LogP contribution in [0.4, 0.5) is 0 Å². The summed E-state index contributed by atoms with van der Waals surface area (Å²) in [5, 5.41) is 22.8. The maximum Gasteiger partial charge on any atom is 0.131 e. The fraction of sp³-hybridized carbons (Fsp3) is 0.615. The van der Waals surface area contributed by atoms with Crippen LogP contribution in [0.5, 0.6) is 0 Å². The molecule has 0 bridgehead atoms. The maximum absolute atomic E-state index is 10.7. The topological polar surface area (TPSA) is 62.1 Å². The first kappa shape index (κ1) is 14.1. The van der Waals surface area contributed by atoms with E-state index >= 15 is 0 Å². The van der Waals surface area contributed by atoms with Gasteiger partial charge in [-0.3, -0.25) is 4.90 Å². The second-order valence-electron chi connectivity index (χ2n) is 5.39. The van der Waals surface area contributed by atoms with Crippen LogP contribution in [0.2, 0.25) is 0 Å². The Kier molecular flexibility index (Phi) is 4.11. The van der Waals surface area contributed by atoms with E-state index in [-0.39, 0.29) is 0 Å². The minimum atomic E-state index is -0.595. The predicted octanol–water partition coefficient (Wildman–Crippen LogP) is 1.87. The lowest BCUT2D eigenvalue weighted by atomic mass is 9.88. The average Bonchev–Trinajstić information content (AvgIpc) is 3.05. The highest BCUT2D eigenvalue weighted by molar-refractivity contribution is 7.09. The summed E-state index contributed by atoms with van der Waals surface area (Å²) in [6.07, 6.45) is 2.27. The molecule has 1 saturated heterocycles. The first-order valence-corrected chi connectivity index (χ1v) is 8.50. The molecule has 0 spiro atoms. The number of rotatable bonds is 4. The van der Waals surface area contributed by atoms with Crippen molar-refractivity contribution in [1.82, 2.24) is 20.1 Å². The fourth-order valence-corrected chi connectivity index (χ4v) is 4.00. The molecule has 1 aliphatic rings. The number of likely N-dealkylation sites (tertiary alicyclic amines) is 1. The third-order valence-corrected chi connectivity index (χ3v) is 5.35. The number of aliphatic hydroxyl groups is 1. The van der Waals surface area contributed by atoms with Gasteiger partial charge in [-0.15, -0.1) is 32.9 Å². The highest BCUT2D eigenvalue weighted by atomic mass is 32.1. The van der Waals surface area contributed by atoms with Crippen molar-refractivity contribution in [1.29, 1.82) is 0 Å². The average molecular weight is 310 g/mol. The standard InChI is InChI=1S/C13H18N4OS2/c1-10-8-19-11(15-10)6-13(18)2-4-17(5-3-13)7-12-16-14-9-20-12/h8-9,18H,2-7H2,1H3. The number of hydrogen-bond donors (Lipinski definition) is 1. The van der Waals surface area contributed by atoms with Crippen LogP contribution in [0.15, 0.2) is 10.9 Å². The van der Waals surface area contributed by atoms with Gasteiger partial charge >= 0.3 is 0 Å². The predicted molar refractivity (Wildman–Crippen MR) is 79.9 cm³/mol. The van der Waals surface area contributed by atoms with Crippen LogP contribution in [0.25, 0.3) is 0 Å². The summed E-state index contributed by atoms with van der Waals surface area (Å²) in [6, 6.07) is 0. The molecular formula is C13H18N4OS2. The maximum atomic E-state index is 10.7. The van der Waals surface area contributed by atoms with E-state index in [4.69, 9.17) is 0 Å². The number of thiazole rings is 1. The van der Waals surface area contributed by atoms with Gasteiger partial charge in [0.25, 0.3) is 0 Å². The Hall–Kier alpha value is -0.890. The summed E-state index contributed by atoms with van der Waals surface area (Å²) < 4.78 is 0. The van der Waals surface area contributed by atoms with Crippen LogP contribution >= 0.6 is 22.7 Å². The lowest BCUT2D eigenvalue weighted by Gasteiger charge is -2.37. The molecule has 1 N–H and O–H groups in total. The van der Waals surface area contributed by atoms with Gasteiger partial charge in [0.1, 0.15) is 10.5 Å². The SMILES string of the molecule is Cc1csc(CC2(O)CCN(Cc3nncs3)CC2)n1. The van der Waals surface area contributed by atoms with Crippen molar-refractivity contribution in [2.24, 2.45) is 0 Å². The molecule has 1 fully saturated rings. The summed E-state index contributed by atoms with van der Waals surface area (Å²) in [7, 11) is 0. The molecule has 0 unspecified atom stereocenters. The number of aromatic nitrogens is 3. The molecular weight excluding hydrogens is 292 g/mol. The van der Waals surface area contributed by atoms with E-state index in [0.717, 1.165) is 48.2 Å². The van der Waals surface area contributed by atoms with Gasteiger partial charge in [0.2, 0.25) is 0 Å². The molecule has 0 radical (unpaired) electrons. The van der Waals surface area contributed by atoms with Crippen LogP contribution < -0.4 is 0 Å². The summed E-state index contributed by atoms with van der Waals surface area (Å²) in [5.41, 5.74) is 2.21. The normalized spacial score (nSPS) is 19.3. The first-order chi connectivity index (χ1) is 9.63. The molecule has 0 atom stereocenters. The number of aryl methyl sites for hydroxylation is 1. The van der Waals surface area contributed by atoms with Crippen molar-refractivity contribution in [2.45, 2.75) is 38.3 Å². The smallest absolute Gasteiger partial charge is 0.131 e. The molecule has 0 aliphatic carbocycles. The zero-order chi connectivity index (χ0) is 14.0. The monoisotopic (exact) mass is 310 g/mol. The van der Waals surface area contributed by atoms with Crippen LogP contribution in [0.3, 0.4) is 0 Å². The highest BCUT2D eigenvalue weighted by Crippen LogP contribution is 2.28. The molecule has 0 amide bonds. The lowest BCUT2D eigenvalue weighted by molar-refractivity contribution is -0.0225. The Morgan fingerprint density at radius 3 is 2.70 bits per heavy atom. The zero-order valence-electron chi connectivity index (χ0n) is 11.4. The third kappa shape index (κ3) is 3.41. The van der Waals surface area contributed by atoms with Crippen molar-refractivity contribution < 1.29 is 5.11 Å². The molecule has 1 aliphatic heterocycles. The van der Waals surface area contributed by atoms with E-state index in [1.165, 1.54) is 0 Å². The Morgan fingerprint density at radius 2 is 2.10 bits per heavy atom. The molecule has 7 heteroatoms. The minimum absolute atomic E-state index is 0.595. The Bertz CT molecular complexity index is 546. The van der Waals surface area contributed by atoms with Gasteiger partial charge in [-0.2, -0.15) is 0 Å². The zero-order valence-corrected chi connectivity index (χ0v) is 13.1. The van der Waals surface area contributed by atoms with Gasteiger partial charge in [-0.05, 0) is 19.8 Å². The van der Waals surface area contributed by atoms with E-state index in [1.807, 2.05) is 12.3 Å². The summed E-state index contributed by atoms with van der Waals surface area (Å²) in [5.74, 6) is 0. The third-order valence-electron chi connectivity index (χ3n) is 3.70. The first-order valence-electron chi connectivity index (χ1n) is 6.74. The van der Waals surface area contributed by atoms with Crippen molar-refractivity contribution in [3.05, 3.63) is 26.6 Å². The van der Waals surface area contributed by atoms with Gasteiger partial charge in [-0.25, -0.2) is 4.98 Å². The van der Waals surface area contributed by atoms with Gasteiger partial charge in [0.15, 0.2) is 0 Å². The minimum Gasteiger partial charge on any atom is -0.389 e. The molecule has 108 valence electrons. The van der Waals surface area contributed by atoms with Crippen molar-refractivity contribution >= 4 is 22.7 Å². The van der Waals surface area contributed by atoms with E-state index in [2.05, 4.69) is 20.1 Å². The van der Waals surface area contributed by atoms with E-state index in [9.17, 15) is 5.11 Å². The largest absolute Gasteiger partial charge is 0.389 e. The molecule has 5 nitrogen and oxygen atoms in total. The summed E-state index contributed by atoms with van der Waals surface area (Å²) in [4.78, 5) is 6.79. The quantitative estimate of drug-likeness (QED) is 0.934. The lowest BCUT2D eigenvalue weighted by Crippen LogP contribution is -2.45. The van der Waals surface area contributed by atoms with Crippen molar-refractivity contribution in [3.8, 4) is 0 Å². The van der Waals surface area contributed by atoms with Gasteiger partial charge < -0.3 is 5.11 Å². The van der Waals surface area contributed by atoms with Crippen LogP contribution in [-0.2, 0) is 13.0 Å². The van der Waals surface area contributed by atoms with Crippen molar-refractivity contribution in [3.63, 3.8) is 0 Å². The molecule has 0 saturated carbocycles. The Labute approximate surface area is 126 Å². The number of piperidine rings is 1.